The normalized spacial score (nSPS) is 39.9. The number of aliphatic hydroxyl groups is 1. The third-order valence-corrected chi connectivity index (χ3v) is 9.97. The number of aliphatic hydroxyl groups excluding tert-OH is 1. The molecular formula is C31H40FNO6. The van der Waals surface area contributed by atoms with Crippen molar-refractivity contribution in [2.75, 3.05) is 19.1 Å². The molecule has 8 heteroatoms. The van der Waals surface area contributed by atoms with Crippen LogP contribution in [0.25, 0.3) is 0 Å². The van der Waals surface area contributed by atoms with Crippen molar-refractivity contribution in [1.82, 2.24) is 0 Å². The van der Waals surface area contributed by atoms with Crippen LogP contribution in [0, 0.1) is 34.4 Å². The molecule has 0 spiro atoms. The SMILES string of the molecule is CC12C=CC(=O)C=C1CCC1C2C(O)CC2(C)C1CC1OCOC12C(=O)COc1ccc(N)c(F)c1.CCC. The maximum Gasteiger partial charge on any atom is 0.205 e. The maximum absolute atomic E-state index is 13.9. The third-order valence-electron chi connectivity index (χ3n) is 9.97. The molecule has 0 bridgehead atoms. The summed E-state index contributed by atoms with van der Waals surface area (Å²) in [7, 11) is 0. The molecule has 4 fully saturated rings. The van der Waals surface area contributed by atoms with E-state index in [1.54, 1.807) is 12.2 Å². The lowest BCUT2D eigenvalue weighted by atomic mass is 9.46. The zero-order valence-corrected chi connectivity index (χ0v) is 23.2. The molecule has 0 aromatic heterocycles. The van der Waals surface area contributed by atoms with Gasteiger partial charge in [0.25, 0.3) is 0 Å². The number of rotatable bonds is 4. The van der Waals surface area contributed by atoms with Gasteiger partial charge in [0.1, 0.15) is 25.0 Å². The molecule has 8 unspecified atom stereocenters. The molecule has 1 aromatic rings. The van der Waals surface area contributed by atoms with Gasteiger partial charge < -0.3 is 25.1 Å². The molecule has 4 aliphatic carbocycles. The van der Waals surface area contributed by atoms with Crippen molar-refractivity contribution in [3.05, 3.63) is 47.8 Å². The van der Waals surface area contributed by atoms with Crippen molar-refractivity contribution in [2.45, 2.75) is 77.6 Å². The number of ether oxygens (including phenoxy) is 3. The average molecular weight is 542 g/mol. The van der Waals surface area contributed by atoms with Gasteiger partial charge in [-0.2, -0.15) is 0 Å². The summed E-state index contributed by atoms with van der Waals surface area (Å²) < 4.78 is 31.7. The van der Waals surface area contributed by atoms with Crippen molar-refractivity contribution in [3.8, 4) is 5.75 Å². The smallest absolute Gasteiger partial charge is 0.205 e. The van der Waals surface area contributed by atoms with E-state index in [2.05, 4.69) is 20.8 Å². The van der Waals surface area contributed by atoms with Crippen LogP contribution in [-0.4, -0.2) is 47.9 Å². The zero-order valence-electron chi connectivity index (χ0n) is 23.2. The number of Topliss-reactive ketones (excluding diaryl/α,β-unsaturated/α-hetero) is 1. The molecule has 3 N–H and O–H groups in total. The van der Waals surface area contributed by atoms with Crippen LogP contribution >= 0.6 is 0 Å². The van der Waals surface area contributed by atoms with E-state index < -0.39 is 34.5 Å². The van der Waals surface area contributed by atoms with E-state index in [0.717, 1.165) is 24.5 Å². The Balaban J connectivity index is 0.000000983. The van der Waals surface area contributed by atoms with Crippen LogP contribution in [0.2, 0.25) is 0 Å². The lowest BCUT2D eigenvalue weighted by molar-refractivity contribution is -0.185. The summed E-state index contributed by atoms with van der Waals surface area (Å²) >= 11 is 0. The number of hydrogen-bond acceptors (Lipinski definition) is 7. The number of hydrogen-bond donors (Lipinski definition) is 2. The second-order valence-electron chi connectivity index (χ2n) is 12.2. The Hall–Kier alpha value is -2.55. The first-order chi connectivity index (χ1) is 18.5. The molecule has 1 aliphatic heterocycles. The van der Waals surface area contributed by atoms with Gasteiger partial charge in [0.2, 0.25) is 5.78 Å². The standard InChI is InChI=1S/C28H32FNO6.C3H8/c1-26-8-7-16(31)9-15(26)3-5-18-19-11-24-28(36-14-35-24,27(19,2)12-22(32)25(18)26)23(33)13-34-17-4-6-21(30)20(29)10-17;1-3-2/h4,6-10,18-19,22,24-25,32H,3,5,11-14,30H2,1-2H3;3H2,1-2H3. The Morgan fingerprint density at radius 3 is 2.74 bits per heavy atom. The van der Waals surface area contributed by atoms with Crippen LogP contribution in [0.15, 0.2) is 42.0 Å². The summed E-state index contributed by atoms with van der Waals surface area (Å²) in [5, 5.41) is 11.6. The first kappa shape index (κ1) is 28.0. The topological polar surface area (TPSA) is 108 Å². The van der Waals surface area contributed by atoms with E-state index in [1.165, 1.54) is 18.6 Å². The molecular weight excluding hydrogens is 501 g/mol. The van der Waals surface area contributed by atoms with Crippen LogP contribution in [0.4, 0.5) is 10.1 Å². The summed E-state index contributed by atoms with van der Waals surface area (Å²) in [5.74, 6) is -0.471. The molecule has 1 heterocycles. The first-order valence-corrected chi connectivity index (χ1v) is 14.1. The average Bonchev–Trinajstić information content (AvgIpc) is 3.42. The Labute approximate surface area is 229 Å². The predicted octanol–water partition coefficient (Wildman–Crippen LogP) is 4.77. The van der Waals surface area contributed by atoms with Crippen LogP contribution in [0.1, 0.15) is 59.8 Å². The molecule has 6 rings (SSSR count). The fourth-order valence-corrected chi connectivity index (χ4v) is 8.38. The largest absolute Gasteiger partial charge is 0.486 e. The van der Waals surface area contributed by atoms with Gasteiger partial charge in [0.05, 0.1) is 17.9 Å². The molecule has 7 nitrogen and oxygen atoms in total. The molecule has 212 valence electrons. The van der Waals surface area contributed by atoms with Gasteiger partial charge in [-0.1, -0.05) is 45.8 Å². The highest BCUT2D eigenvalue weighted by Crippen LogP contribution is 2.69. The fraction of sp³-hybridized carbons (Fsp3) is 0.613. The van der Waals surface area contributed by atoms with Gasteiger partial charge in [-0.25, -0.2) is 4.39 Å². The second-order valence-corrected chi connectivity index (χ2v) is 12.2. The summed E-state index contributed by atoms with van der Waals surface area (Å²) in [6.07, 6.45) is 8.11. The van der Waals surface area contributed by atoms with Crippen molar-refractivity contribution < 1.29 is 33.3 Å². The number of fused-ring (bicyclic) bond motifs is 7. The zero-order chi connectivity index (χ0) is 28.2. The minimum absolute atomic E-state index is 0.00112. The number of anilines is 1. The van der Waals surface area contributed by atoms with Crippen molar-refractivity contribution >= 4 is 17.3 Å². The van der Waals surface area contributed by atoms with Gasteiger partial charge in [-0.3, -0.25) is 9.59 Å². The van der Waals surface area contributed by atoms with Gasteiger partial charge >= 0.3 is 0 Å². The van der Waals surface area contributed by atoms with Gasteiger partial charge in [-0.15, -0.1) is 0 Å². The highest BCUT2D eigenvalue weighted by Gasteiger charge is 2.74. The molecule has 8 atom stereocenters. The molecule has 1 saturated heterocycles. The Bertz CT molecular complexity index is 1210. The molecule has 0 amide bonds. The number of allylic oxidation sites excluding steroid dienone is 4. The summed E-state index contributed by atoms with van der Waals surface area (Å²) in [6, 6.07) is 4.08. The van der Waals surface area contributed by atoms with E-state index in [1.807, 2.05) is 13.0 Å². The molecule has 39 heavy (non-hydrogen) atoms. The van der Waals surface area contributed by atoms with E-state index in [-0.39, 0.29) is 54.2 Å². The minimum Gasteiger partial charge on any atom is -0.486 e. The van der Waals surface area contributed by atoms with Gasteiger partial charge in [0.15, 0.2) is 11.4 Å². The van der Waals surface area contributed by atoms with Crippen LogP contribution in [0.5, 0.6) is 5.75 Å². The van der Waals surface area contributed by atoms with E-state index in [0.29, 0.717) is 12.8 Å². The number of ketones is 2. The van der Waals surface area contributed by atoms with Gasteiger partial charge in [-0.05, 0) is 61.8 Å². The number of benzene rings is 1. The number of carbonyl (C=O) groups is 2. The minimum atomic E-state index is -1.24. The summed E-state index contributed by atoms with van der Waals surface area (Å²) in [6.45, 7) is 8.12. The summed E-state index contributed by atoms with van der Waals surface area (Å²) in [5.41, 5.74) is 4.34. The molecule has 3 saturated carbocycles. The van der Waals surface area contributed by atoms with Crippen LogP contribution in [0.3, 0.4) is 0 Å². The van der Waals surface area contributed by atoms with E-state index in [9.17, 15) is 19.1 Å². The number of halogens is 1. The van der Waals surface area contributed by atoms with Crippen molar-refractivity contribution in [2.24, 2.45) is 28.6 Å². The van der Waals surface area contributed by atoms with Crippen LogP contribution in [-0.2, 0) is 19.1 Å². The monoisotopic (exact) mass is 541 g/mol. The Morgan fingerprint density at radius 2 is 2.03 bits per heavy atom. The fourth-order valence-electron chi connectivity index (χ4n) is 8.38. The first-order valence-electron chi connectivity index (χ1n) is 14.1. The van der Waals surface area contributed by atoms with E-state index in [4.69, 9.17) is 19.9 Å². The van der Waals surface area contributed by atoms with Crippen molar-refractivity contribution in [1.29, 1.82) is 0 Å². The molecule has 0 radical (unpaired) electrons. The highest BCUT2D eigenvalue weighted by molar-refractivity contribution is 6.01. The quantitative estimate of drug-likeness (QED) is 0.529. The molecule has 1 aromatic carbocycles. The van der Waals surface area contributed by atoms with E-state index >= 15 is 0 Å². The maximum atomic E-state index is 13.9. The van der Waals surface area contributed by atoms with Crippen molar-refractivity contribution in [3.63, 3.8) is 0 Å². The lowest BCUT2D eigenvalue weighted by Gasteiger charge is -2.59. The van der Waals surface area contributed by atoms with Crippen LogP contribution < -0.4 is 10.5 Å². The highest BCUT2D eigenvalue weighted by atomic mass is 19.1. The number of nitrogen functional groups attached to an aromatic ring is 1. The third kappa shape index (κ3) is 4.18. The number of carbonyl (C=O) groups excluding carboxylic acids is 2. The Morgan fingerprint density at radius 1 is 1.28 bits per heavy atom. The number of nitrogens with two attached hydrogens (primary N) is 1. The summed E-state index contributed by atoms with van der Waals surface area (Å²) in [4.78, 5) is 25.9. The van der Waals surface area contributed by atoms with Gasteiger partial charge in [0, 0.05) is 22.8 Å². The second kappa shape index (κ2) is 10.1. The lowest BCUT2D eigenvalue weighted by Crippen LogP contribution is -2.63. The Kier molecular flexibility index (Phi) is 7.27. The predicted molar refractivity (Wildman–Crippen MR) is 144 cm³/mol. The molecule has 5 aliphatic rings.